The molecule has 4 rings (SSSR count). The summed E-state index contributed by atoms with van der Waals surface area (Å²) in [6, 6.07) is 1.99. The van der Waals surface area contributed by atoms with Gasteiger partial charge in [0.1, 0.15) is 10.7 Å². The molecule has 0 aliphatic carbocycles. The summed E-state index contributed by atoms with van der Waals surface area (Å²) in [5.74, 6) is -0.0525. The second kappa shape index (κ2) is 6.53. The van der Waals surface area contributed by atoms with E-state index in [0.717, 1.165) is 10.9 Å². The Morgan fingerprint density at radius 1 is 1.28 bits per heavy atom. The van der Waals surface area contributed by atoms with Crippen LogP contribution in [-0.4, -0.2) is 37.6 Å². The molecular formula is C17H16FN5OS. The average Bonchev–Trinajstić information content (AvgIpc) is 3.01. The Balaban J connectivity index is 1.91. The van der Waals surface area contributed by atoms with E-state index in [1.165, 1.54) is 18.0 Å². The maximum Gasteiger partial charge on any atom is 0.182 e. The third-order valence-electron chi connectivity index (χ3n) is 3.96. The standard InChI is InChI=1S/C17H16FN5OS/c1-10-7-11-14(15-19-9-12(18)17(21-15)25-2)22-23(16(11)20-8-10)13-5-3-4-6-24-13/h3-4,7-9,13H,5-6H2,1-2H3. The summed E-state index contributed by atoms with van der Waals surface area (Å²) >= 11 is 1.24. The number of ether oxygens (including phenoxy) is 1. The number of nitrogens with zero attached hydrogens (tertiary/aromatic N) is 5. The van der Waals surface area contributed by atoms with Gasteiger partial charge in [-0.05, 0) is 24.8 Å². The zero-order valence-electron chi connectivity index (χ0n) is 13.8. The van der Waals surface area contributed by atoms with Crippen molar-refractivity contribution in [3.63, 3.8) is 0 Å². The minimum absolute atomic E-state index is 0.225. The fourth-order valence-electron chi connectivity index (χ4n) is 2.79. The van der Waals surface area contributed by atoms with Gasteiger partial charge in [-0.15, -0.1) is 11.8 Å². The van der Waals surface area contributed by atoms with Gasteiger partial charge in [-0.25, -0.2) is 24.0 Å². The average molecular weight is 357 g/mol. The van der Waals surface area contributed by atoms with Crippen molar-refractivity contribution >= 4 is 22.8 Å². The number of aryl methyl sites for hydroxylation is 1. The first-order valence-electron chi connectivity index (χ1n) is 7.85. The predicted molar refractivity (Wildman–Crippen MR) is 93.8 cm³/mol. The molecule has 0 saturated heterocycles. The van der Waals surface area contributed by atoms with Crippen molar-refractivity contribution < 1.29 is 9.13 Å². The second-order valence-electron chi connectivity index (χ2n) is 5.72. The first kappa shape index (κ1) is 16.2. The number of hydrogen-bond acceptors (Lipinski definition) is 6. The van der Waals surface area contributed by atoms with Gasteiger partial charge in [0.2, 0.25) is 0 Å². The van der Waals surface area contributed by atoms with Crippen LogP contribution in [0.2, 0.25) is 0 Å². The molecule has 0 N–H and O–H groups in total. The molecule has 1 unspecified atom stereocenters. The SMILES string of the molecule is CSc1nc(-c2nn(C3CC=CCO3)c3ncc(C)cc23)ncc1F. The molecule has 0 aromatic carbocycles. The van der Waals surface area contributed by atoms with Crippen molar-refractivity contribution in [3.05, 3.63) is 42.0 Å². The molecule has 1 atom stereocenters. The Morgan fingerprint density at radius 2 is 2.16 bits per heavy atom. The summed E-state index contributed by atoms with van der Waals surface area (Å²) in [5, 5.41) is 5.79. The Labute approximate surface area is 148 Å². The summed E-state index contributed by atoms with van der Waals surface area (Å²) in [4.78, 5) is 13.0. The quantitative estimate of drug-likeness (QED) is 0.406. The van der Waals surface area contributed by atoms with Crippen LogP contribution in [0.25, 0.3) is 22.6 Å². The summed E-state index contributed by atoms with van der Waals surface area (Å²) in [6.45, 7) is 2.50. The van der Waals surface area contributed by atoms with E-state index in [1.807, 2.05) is 19.1 Å². The Bertz CT molecular complexity index is 971. The Kier molecular flexibility index (Phi) is 4.22. The molecule has 3 aromatic rings. The van der Waals surface area contributed by atoms with Crippen LogP contribution >= 0.6 is 11.8 Å². The lowest BCUT2D eigenvalue weighted by Crippen LogP contribution is -2.17. The lowest BCUT2D eigenvalue weighted by molar-refractivity contribution is 0.00843. The Morgan fingerprint density at radius 3 is 2.92 bits per heavy atom. The van der Waals surface area contributed by atoms with E-state index in [4.69, 9.17) is 4.74 Å². The fraction of sp³-hybridized carbons (Fsp3) is 0.294. The second-order valence-corrected chi connectivity index (χ2v) is 6.52. The van der Waals surface area contributed by atoms with Crippen LogP contribution < -0.4 is 0 Å². The van der Waals surface area contributed by atoms with E-state index in [2.05, 4.69) is 26.1 Å². The van der Waals surface area contributed by atoms with Crippen molar-refractivity contribution in [3.8, 4) is 11.5 Å². The number of aromatic nitrogens is 5. The monoisotopic (exact) mass is 357 g/mol. The van der Waals surface area contributed by atoms with Crippen molar-refractivity contribution in [2.75, 3.05) is 12.9 Å². The number of fused-ring (bicyclic) bond motifs is 1. The molecule has 0 fully saturated rings. The van der Waals surface area contributed by atoms with E-state index < -0.39 is 5.82 Å². The first-order chi connectivity index (χ1) is 12.2. The number of thioether (sulfide) groups is 1. The highest BCUT2D eigenvalue weighted by Gasteiger charge is 2.22. The highest BCUT2D eigenvalue weighted by atomic mass is 32.2. The van der Waals surface area contributed by atoms with Gasteiger partial charge >= 0.3 is 0 Å². The molecular weight excluding hydrogens is 341 g/mol. The van der Waals surface area contributed by atoms with Crippen molar-refractivity contribution in [1.82, 2.24) is 24.7 Å². The highest BCUT2D eigenvalue weighted by Crippen LogP contribution is 2.30. The topological polar surface area (TPSA) is 65.7 Å². The van der Waals surface area contributed by atoms with Crippen LogP contribution in [-0.2, 0) is 4.74 Å². The summed E-state index contributed by atoms with van der Waals surface area (Å²) in [6.07, 6.45) is 9.29. The minimum Gasteiger partial charge on any atom is -0.352 e. The molecule has 25 heavy (non-hydrogen) atoms. The van der Waals surface area contributed by atoms with Crippen LogP contribution in [0, 0.1) is 12.7 Å². The summed E-state index contributed by atoms with van der Waals surface area (Å²) in [7, 11) is 0. The lowest BCUT2D eigenvalue weighted by atomic mass is 10.2. The van der Waals surface area contributed by atoms with Crippen molar-refractivity contribution in [1.29, 1.82) is 0 Å². The van der Waals surface area contributed by atoms with E-state index in [9.17, 15) is 4.39 Å². The zero-order valence-corrected chi connectivity index (χ0v) is 14.6. The van der Waals surface area contributed by atoms with Crippen LogP contribution in [0.5, 0.6) is 0 Å². The molecule has 0 amide bonds. The van der Waals surface area contributed by atoms with E-state index >= 15 is 0 Å². The van der Waals surface area contributed by atoms with Crippen LogP contribution in [0.1, 0.15) is 18.2 Å². The smallest absolute Gasteiger partial charge is 0.182 e. The maximum absolute atomic E-state index is 13.7. The van der Waals surface area contributed by atoms with Crippen molar-refractivity contribution in [2.45, 2.75) is 24.6 Å². The normalized spacial score (nSPS) is 17.3. The van der Waals surface area contributed by atoms with Gasteiger partial charge in [0, 0.05) is 12.6 Å². The van der Waals surface area contributed by atoms with Crippen LogP contribution in [0.3, 0.4) is 0 Å². The molecule has 0 spiro atoms. The van der Waals surface area contributed by atoms with Crippen LogP contribution in [0.4, 0.5) is 4.39 Å². The molecule has 0 saturated carbocycles. The summed E-state index contributed by atoms with van der Waals surface area (Å²) < 4.78 is 21.3. The van der Waals surface area contributed by atoms with E-state index in [0.29, 0.717) is 35.2 Å². The third kappa shape index (κ3) is 2.91. The van der Waals surface area contributed by atoms with Gasteiger partial charge in [-0.2, -0.15) is 5.10 Å². The number of hydrogen-bond donors (Lipinski definition) is 0. The molecule has 128 valence electrons. The van der Waals surface area contributed by atoms with Crippen LogP contribution in [0.15, 0.2) is 35.6 Å². The summed E-state index contributed by atoms with van der Waals surface area (Å²) in [5.41, 5.74) is 2.30. The molecule has 1 aliphatic heterocycles. The fourth-order valence-corrected chi connectivity index (χ4v) is 3.21. The van der Waals surface area contributed by atoms with Gasteiger partial charge in [-0.1, -0.05) is 12.2 Å². The van der Waals surface area contributed by atoms with Gasteiger partial charge in [0.15, 0.2) is 23.5 Å². The van der Waals surface area contributed by atoms with Gasteiger partial charge in [0.25, 0.3) is 0 Å². The van der Waals surface area contributed by atoms with Gasteiger partial charge < -0.3 is 4.74 Å². The maximum atomic E-state index is 13.7. The lowest BCUT2D eigenvalue weighted by Gasteiger charge is -2.19. The molecule has 3 aromatic heterocycles. The molecule has 8 heteroatoms. The third-order valence-corrected chi connectivity index (χ3v) is 4.64. The number of halogens is 1. The number of rotatable bonds is 3. The highest BCUT2D eigenvalue weighted by molar-refractivity contribution is 7.98. The zero-order chi connectivity index (χ0) is 17.4. The minimum atomic E-state index is -0.435. The molecule has 0 bridgehead atoms. The molecule has 0 radical (unpaired) electrons. The predicted octanol–water partition coefficient (Wildman–Crippen LogP) is 3.53. The molecule has 6 nitrogen and oxygen atoms in total. The van der Waals surface area contributed by atoms with Gasteiger partial charge in [0.05, 0.1) is 18.2 Å². The van der Waals surface area contributed by atoms with E-state index in [-0.39, 0.29) is 6.23 Å². The Hall–Kier alpha value is -2.32. The first-order valence-corrected chi connectivity index (χ1v) is 9.08. The molecule has 1 aliphatic rings. The van der Waals surface area contributed by atoms with E-state index in [1.54, 1.807) is 17.1 Å². The van der Waals surface area contributed by atoms with Gasteiger partial charge in [-0.3, -0.25) is 0 Å². The largest absolute Gasteiger partial charge is 0.352 e. The number of pyridine rings is 1. The molecule has 4 heterocycles. The van der Waals surface area contributed by atoms with Crippen molar-refractivity contribution in [2.24, 2.45) is 0 Å².